The van der Waals surface area contributed by atoms with Gasteiger partial charge in [0.05, 0.1) is 22.7 Å². The van der Waals surface area contributed by atoms with Crippen LogP contribution in [0.4, 0.5) is 0 Å². The van der Waals surface area contributed by atoms with Gasteiger partial charge in [-0.05, 0) is 50.2 Å². The third-order valence-corrected chi connectivity index (χ3v) is 6.41. The molecule has 1 N–H and O–H groups in total. The molecule has 1 aliphatic heterocycles. The first kappa shape index (κ1) is 16.3. The van der Waals surface area contributed by atoms with Gasteiger partial charge in [0, 0.05) is 24.2 Å². The largest absolute Gasteiger partial charge is 0.478 e. The number of rotatable bonds is 3. The van der Waals surface area contributed by atoms with Crippen LogP contribution in [0.3, 0.4) is 0 Å². The van der Waals surface area contributed by atoms with Crippen molar-refractivity contribution in [2.45, 2.75) is 44.6 Å². The number of carboxylic acids is 1. The molecular formula is C18H21N3O3S. The number of nitrogens with zero attached hydrogens (tertiary/aromatic N) is 3. The van der Waals surface area contributed by atoms with Gasteiger partial charge in [0.1, 0.15) is 0 Å². The van der Waals surface area contributed by atoms with E-state index in [2.05, 4.69) is 11.2 Å². The molecule has 0 radical (unpaired) electrons. The van der Waals surface area contributed by atoms with Gasteiger partial charge in [0.25, 0.3) is 5.91 Å². The highest BCUT2D eigenvalue weighted by Crippen LogP contribution is 2.31. The van der Waals surface area contributed by atoms with Crippen molar-refractivity contribution < 1.29 is 14.7 Å². The fraction of sp³-hybridized carbons (Fsp3) is 0.500. The van der Waals surface area contributed by atoms with Crippen LogP contribution in [0.1, 0.15) is 62.2 Å². The Hall–Kier alpha value is -2.15. The summed E-state index contributed by atoms with van der Waals surface area (Å²) in [7, 11) is 0. The lowest BCUT2D eigenvalue weighted by atomic mass is 9.99. The van der Waals surface area contributed by atoms with Gasteiger partial charge in [0.15, 0.2) is 0 Å². The molecule has 2 aromatic rings. The number of carboxylic acid groups (broad SMARTS) is 1. The maximum Gasteiger partial charge on any atom is 0.338 e. The minimum absolute atomic E-state index is 0.143. The Kier molecular flexibility index (Phi) is 4.33. The first-order chi connectivity index (χ1) is 12.1. The highest BCUT2D eigenvalue weighted by molar-refractivity contribution is 7.14. The molecular weight excluding hydrogens is 338 g/mol. The molecule has 1 aliphatic carbocycles. The minimum atomic E-state index is -0.958. The molecule has 6 nitrogen and oxygen atoms in total. The summed E-state index contributed by atoms with van der Waals surface area (Å²) in [6.45, 7) is 1.38. The maximum absolute atomic E-state index is 12.8. The highest BCUT2D eigenvalue weighted by Gasteiger charge is 2.27. The first-order valence-corrected chi connectivity index (χ1v) is 9.62. The van der Waals surface area contributed by atoms with Gasteiger partial charge in [-0.15, -0.1) is 11.3 Å². The highest BCUT2D eigenvalue weighted by atomic mass is 32.1. The summed E-state index contributed by atoms with van der Waals surface area (Å²) in [4.78, 5) is 28.0. The summed E-state index contributed by atoms with van der Waals surface area (Å²) in [6.07, 6.45) is 9.25. The number of carbonyl (C=O) groups excluding carboxylic acids is 1. The van der Waals surface area contributed by atoms with Crippen LogP contribution in [0, 0.1) is 0 Å². The second-order valence-electron chi connectivity index (χ2n) is 6.80. The molecule has 0 spiro atoms. The second-order valence-corrected chi connectivity index (χ2v) is 7.94. The zero-order valence-electron chi connectivity index (χ0n) is 14.0. The van der Waals surface area contributed by atoms with Crippen LogP contribution in [-0.2, 0) is 12.8 Å². The SMILES string of the molecule is O=C(O)c1cnn(C2CCN(C(=O)c3cc4c(s3)CCCC4)CC2)c1. The van der Waals surface area contributed by atoms with Crippen molar-refractivity contribution in [1.82, 2.24) is 14.7 Å². The van der Waals surface area contributed by atoms with Gasteiger partial charge < -0.3 is 10.0 Å². The van der Waals surface area contributed by atoms with Gasteiger partial charge >= 0.3 is 5.97 Å². The van der Waals surface area contributed by atoms with E-state index in [9.17, 15) is 9.59 Å². The number of aryl methyl sites for hydroxylation is 2. The third kappa shape index (κ3) is 3.20. The Morgan fingerprint density at radius 1 is 1.20 bits per heavy atom. The normalized spacial score (nSPS) is 18.2. The lowest BCUT2D eigenvalue weighted by Crippen LogP contribution is -2.38. The topological polar surface area (TPSA) is 75.4 Å². The quantitative estimate of drug-likeness (QED) is 0.914. The molecule has 1 saturated heterocycles. The van der Waals surface area contributed by atoms with E-state index in [1.54, 1.807) is 22.2 Å². The number of likely N-dealkylation sites (tertiary alicyclic amines) is 1. The summed E-state index contributed by atoms with van der Waals surface area (Å²) in [5.41, 5.74) is 1.58. The average molecular weight is 359 g/mol. The number of aromatic nitrogens is 2. The molecule has 0 saturated carbocycles. The summed E-state index contributed by atoms with van der Waals surface area (Å²) >= 11 is 1.67. The van der Waals surface area contributed by atoms with Crippen molar-refractivity contribution in [2.75, 3.05) is 13.1 Å². The number of fused-ring (bicyclic) bond motifs is 1. The molecule has 132 valence electrons. The molecule has 3 heterocycles. The average Bonchev–Trinajstić information content (AvgIpc) is 3.28. The van der Waals surface area contributed by atoms with Gasteiger partial charge in [-0.1, -0.05) is 0 Å². The molecule has 1 fully saturated rings. The van der Waals surface area contributed by atoms with E-state index < -0.39 is 5.97 Å². The van der Waals surface area contributed by atoms with Gasteiger partial charge in [-0.2, -0.15) is 5.10 Å². The van der Waals surface area contributed by atoms with Crippen molar-refractivity contribution in [3.05, 3.63) is 39.3 Å². The van der Waals surface area contributed by atoms with E-state index >= 15 is 0 Å². The van der Waals surface area contributed by atoms with Crippen LogP contribution < -0.4 is 0 Å². The maximum atomic E-state index is 12.8. The predicted molar refractivity (Wildman–Crippen MR) is 94.3 cm³/mol. The molecule has 0 bridgehead atoms. The fourth-order valence-corrected chi connectivity index (χ4v) is 4.96. The zero-order valence-corrected chi connectivity index (χ0v) is 14.8. The number of hydrogen-bond donors (Lipinski definition) is 1. The predicted octanol–water partition coefficient (Wildman–Crippen LogP) is 3.00. The number of piperidine rings is 1. The lowest BCUT2D eigenvalue weighted by molar-refractivity contribution is 0.0691. The number of thiophene rings is 1. The Balaban J connectivity index is 1.40. The van der Waals surface area contributed by atoms with E-state index in [1.807, 2.05) is 4.90 Å². The Morgan fingerprint density at radius 2 is 1.96 bits per heavy atom. The lowest BCUT2D eigenvalue weighted by Gasteiger charge is -2.31. The van der Waals surface area contributed by atoms with E-state index in [0.717, 1.165) is 30.6 Å². The number of amides is 1. The number of hydrogen-bond acceptors (Lipinski definition) is 4. The van der Waals surface area contributed by atoms with Crippen molar-refractivity contribution >= 4 is 23.2 Å². The third-order valence-electron chi connectivity index (χ3n) is 5.18. The van der Waals surface area contributed by atoms with Crippen LogP contribution >= 0.6 is 11.3 Å². The van der Waals surface area contributed by atoms with Crippen LogP contribution in [0.25, 0.3) is 0 Å². The Bertz CT molecular complexity index is 779. The number of carbonyl (C=O) groups is 2. The Morgan fingerprint density at radius 3 is 2.64 bits per heavy atom. The Labute approximate surface area is 150 Å². The van der Waals surface area contributed by atoms with Crippen LogP contribution in [0.2, 0.25) is 0 Å². The smallest absolute Gasteiger partial charge is 0.338 e. The molecule has 7 heteroatoms. The summed E-state index contributed by atoms with van der Waals surface area (Å²) < 4.78 is 1.73. The van der Waals surface area contributed by atoms with Gasteiger partial charge in [-0.3, -0.25) is 9.48 Å². The van der Waals surface area contributed by atoms with E-state index in [0.29, 0.717) is 13.1 Å². The van der Waals surface area contributed by atoms with Crippen molar-refractivity contribution in [3.63, 3.8) is 0 Å². The molecule has 0 aromatic carbocycles. The van der Waals surface area contributed by atoms with Gasteiger partial charge in [-0.25, -0.2) is 4.79 Å². The molecule has 25 heavy (non-hydrogen) atoms. The first-order valence-electron chi connectivity index (χ1n) is 8.80. The monoisotopic (exact) mass is 359 g/mol. The van der Waals surface area contributed by atoms with Crippen LogP contribution in [0.5, 0.6) is 0 Å². The molecule has 2 aliphatic rings. The molecule has 1 amide bonds. The van der Waals surface area contributed by atoms with E-state index in [-0.39, 0.29) is 17.5 Å². The fourth-order valence-electron chi connectivity index (χ4n) is 3.73. The standard InChI is InChI=1S/C18H21N3O3S/c22-17(16-9-12-3-1-2-4-15(12)25-16)20-7-5-14(6-8-20)21-11-13(10-19-21)18(23)24/h9-11,14H,1-8H2,(H,23,24). The number of aromatic carboxylic acids is 1. The zero-order chi connectivity index (χ0) is 17.4. The summed E-state index contributed by atoms with van der Waals surface area (Å²) in [5.74, 6) is -0.815. The van der Waals surface area contributed by atoms with E-state index in [4.69, 9.17) is 5.11 Å². The van der Waals surface area contributed by atoms with E-state index in [1.165, 1.54) is 29.5 Å². The van der Waals surface area contributed by atoms with Crippen molar-refractivity contribution in [3.8, 4) is 0 Å². The van der Waals surface area contributed by atoms with Crippen molar-refractivity contribution in [2.24, 2.45) is 0 Å². The molecule has 0 unspecified atom stereocenters. The van der Waals surface area contributed by atoms with Crippen LogP contribution in [-0.4, -0.2) is 44.8 Å². The second kappa shape index (κ2) is 6.63. The van der Waals surface area contributed by atoms with Crippen LogP contribution in [0.15, 0.2) is 18.5 Å². The molecule has 0 atom stereocenters. The summed E-state index contributed by atoms with van der Waals surface area (Å²) in [6, 6.07) is 2.26. The minimum Gasteiger partial charge on any atom is -0.478 e. The summed E-state index contributed by atoms with van der Waals surface area (Å²) in [5, 5.41) is 13.2. The molecule has 4 rings (SSSR count). The molecule has 2 aromatic heterocycles. The van der Waals surface area contributed by atoms with Gasteiger partial charge in [0.2, 0.25) is 0 Å². The van der Waals surface area contributed by atoms with Crippen molar-refractivity contribution in [1.29, 1.82) is 0 Å².